The zero-order valence-corrected chi connectivity index (χ0v) is 11.2. The lowest BCUT2D eigenvalue weighted by atomic mass is 10.2. The van der Waals surface area contributed by atoms with Crippen molar-refractivity contribution >= 4 is 27.8 Å². The Labute approximate surface area is 113 Å². The maximum atomic E-state index is 11.7. The molecule has 1 heterocycles. The molecule has 1 aliphatic heterocycles. The molecule has 1 saturated heterocycles. The van der Waals surface area contributed by atoms with Gasteiger partial charge < -0.3 is 10.1 Å². The summed E-state index contributed by atoms with van der Waals surface area (Å²) in [6.07, 6.45) is 0. The second-order valence-corrected chi connectivity index (χ2v) is 4.79. The minimum atomic E-state index is -0.467. The van der Waals surface area contributed by atoms with E-state index in [9.17, 15) is 9.59 Å². The van der Waals surface area contributed by atoms with Gasteiger partial charge >= 0.3 is 5.97 Å². The number of rotatable bonds is 3. The molecule has 2 N–H and O–H groups in total. The number of benzene rings is 1. The Morgan fingerprint density at radius 2 is 2.22 bits per heavy atom. The van der Waals surface area contributed by atoms with Crippen molar-refractivity contribution in [3.8, 4) is 0 Å². The van der Waals surface area contributed by atoms with Crippen molar-refractivity contribution in [2.75, 3.05) is 13.1 Å². The maximum Gasteiger partial charge on any atom is 0.325 e. The van der Waals surface area contributed by atoms with Crippen LogP contribution in [0.4, 0.5) is 0 Å². The molecule has 0 spiro atoms. The van der Waals surface area contributed by atoms with Crippen LogP contribution in [0.25, 0.3) is 0 Å². The van der Waals surface area contributed by atoms with Crippen LogP contribution < -0.4 is 10.6 Å². The molecular weight excluding hydrogens is 300 g/mol. The van der Waals surface area contributed by atoms with E-state index in [2.05, 4.69) is 26.6 Å². The lowest BCUT2D eigenvalue weighted by Crippen LogP contribution is -2.55. The number of piperazine rings is 1. The topological polar surface area (TPSA) is 67.4 Å². The standard InChI is InChI=1S/C12H13BrN2O3/c13-9-4-2-1-3-8(9)7-18-12(17)10-5-15-11(16)6-14-10/h1-4,10,14H,5-7H2,(H,15,16). The fraction of sp³-hybridized carbons (Fsp3) is 0.333. The number of amides is 1. The predicted octanol–water partition coefficient (Wildman–Crippen LogP) is 0.580. The lowest BCUT2D eigenvalue weighted by Gasteiger charge is -2.22. The number of carbonyl (C=O) groups is 2. The maximum absolute atomic E-state index is 11.7. The molecule has 1 aromatic carbocycles. The molecule has 0 saturated carbocycles. The SMILES string of the molecule is O=C1CNC(C(=O)OCc2ccccc2Br)CN1. The minimum absolute atomic E-state index is 0.107. The molecule has 1 amide bonds. The average Bonchev–Trinajstić information content (AvgIpc) is 2.38. The molecular formula is C12H13BrN2O3. The van der Waals surface area contributed by atoms with Crippen LogP contribution in [-0.4, -0.2) is 31.0 Å². The van der Waals surface area contributed by atoms with E-state index < -0.39 is 6.04 Å². The second kappa shape index (κ2) is 5.97. The first-order valence-electron chi connectivity index (χ1n) is 5.57. The molecule has 0 radical (unpaired) electrons. The first-order valence-corrected chi connectivity index (χ1v) is 6.36. The normalized spacial score (nSPS) is 19.2. The van der Waals surface area contributed by atoms with Gasteiger partial charge in [-0.15, -0.1) is 0 Å². The lowest BCUT2D eigenvalue weighted by molar-refractivity contribution is -0.148. The van der Waals surface area contributed by atoms with Crippen LogP contribution in [0.1, 0.15) is 5.56 Å². The van der Waals surface area contributed by atoms with E-state index in [4.69, 9.17) is 4.74 Å². The van der Waals surface area contributed by atoms with Gasteiger partial charge in [-0.3, -0.25) is 14.9 Å². The van der Waals surface area contributed by atoms with Crippen molar-refractivity contribution in [2.24, 2.45) is 0 Å². The van der Waals surface area contributed by atoms with Crippen molar-refractivity contribution < 1.29 is 14.3 Å². The van der Waals surface area contributed by atoms with E-state index in [1.807, 2.05) is 24.3 Å². The monoisotopic (exact) mass is 312 g/mol. The van der Waals surface area contributed by atoms with Gasteiger partial charge in [0.05, 0.1) is 6.54 Å². The van der Waals surface area contributed by atoms with Crippen LogP contribution in [0, 0.1) is 0 Å². The highest BCUT2D eigenvalue weighted by atomic mass is 79.9. The first kappa shape index (κ1) is 13.0. The molecule has 5 nitrogen and oxygen atoms in total. The largest absolute Gasteiger partial charge is 0.460 e. The molecule has 1 fully saturated rings. The number of ether oxygens (including phenoxy) is 1. The third-order valence-electron chi connectivity index (χ3n) is 2.62. The Hall–Kier alpha value is -1.40. The zero-order valence-electron chi connectivity index (χ0n) is 9.61. The number of hydrogen-bond acceptors (Lipinski definition) is 4. The molecule has 2 rings (SSSR count). The molecule has 0 bridgehead atoms. The first-order chi connectivity index (χ1) is 8.66. The minimum Gasteiger partial charge on any atom is -0.460 e. The molecule has 18 heavy (non-hydrogen) atoms. The molecule has 0 aliphatic carbocycles. The molecule has 1 aliphatic rings. The Kier molecular flexibility index (Phi) is 4.33. The van der Waals surface area contributed by atoms with E-state index >= 15 is 0 Å². The number of esters is 1. The second-order valence-electron chi connectivity index (χ2n) is 3.94. The third kappa shape index (κ3) is 3.30. The Morgan fingerprint density at radius 3 is 2.89 bits per heavy atom. The van der Waals surface area contributed by atoms with Crippen molar-refractivity contribution in [1.82, 2.24) is 10.6 Å². The van der Waals surface area contributed by atoms with Gasteiger partial charge in [-0.2, -0.15) is 0 Å². The van der Waals surface area contributed by atoms with Gasteiger partial charge in [0.1, 0.15) is 12.6 Å². The van der Waals surface area contributed by atoms with E-state index in [0.29, 0.717) is 0 Å². The Bertz CT molecular complexity index is 454. The molecule has 0 aromatic heterocycles. The van der Waals surface area contributed by atoms with Gasteiger partial charge in [-0.25, -0.2) is 0 Å². The summed E-state index contributed by atoms with van der Waals surface area (Å²) in [6.45, 7) is 0.634. The third-order valence-corrected chi connectivity index (χ3v) is 3.40. The Morgan fingerprint density at radius 1 is 1.44 bits per heavy atom. The predicted molar refractivity (Wildman–Crippen MR) is 68.7 cm³/mol. The fourth-order valence-corrected chi connectivity index (χ4v) is 2.00. The Balaban J connectivity index is 1.85. The van der Waals surface area contributed by atoms with Crippen LogP contribution in [0.3, 0.4) is 0 Å². The van der Waals surface area contributed by atoms with Gasteiger partial charge in [0.2, 0.25) is 5.91 Å². The highest BCUT2D eigenvalue weighted by Crippen LogP contribution is 2.16. The zero-order chi connectivity index (χ0) is 13.0. The van der Waals surface area contributed by atoms with Gasteiger partial charge in [0, 0.05) is 16.6 Å². The highest BCUT2D eigenvalue weighted by Gasteiger charge is 2.24. The summed E-state index contributed by atoms with van der Waals surface area (Å²) in [6, 6.07) is 7.08. The molecule has 1 unspecified atom stereocenters. The quantitative estimate of drug-likeness (QED) is 0.801. The summed E-state index contributed by atoms with van der Waals surface area (Å²) in [5, 5.41) is 5.43. The van der Waals surface area contributed by atoms with Crippen molar-refractivity contribution in [3.05, 3.63) is 34.3 Å². The van der Waals surface area contributed by atoms with Crippen LogP contribution in [-0.2, 0) is 20.9 Å². The van der Waals surface area contributed by atoms with E-state index in [-0.39, 0.29) is 31.6 Å². The highest BCUT2D eigenvalue weighted by molar-refractivity contribution is 9.10. The number of carbonyl (C=O) groups excluding carboxylic acids is 2. The van der Waals surface area contributed by atoms with Gasteiger partial charge in [0.15, 0.2) is 0 Å². The average molecular weight is 313 g/mol. The van der Waals surface area contributed by atoms with Crippen LogP contribution in [0.15, 0.2) is 28.7 Å². The molecule has 1 aromatic rings. The van der Waals surface area contributed by atoms with E-state index in [1.54, 1.807) is 0 Å². The fourth-order valence-electron chi connectivity index (χ4n) is 1.60. The van der Waals surface area contributed by atoms with Crippen molar-refractivity contribution in [3.63, 3.8) is 0 Å². The van der Waals surface area contributed by atoms with E-state index in [1.165, 1.54) is 0 Å². The molecule has 1 atom stereocenters. The van der Waals surface area contributed by atoms with Crippen LogP contribution >= 0.6 is 15.9 Å². The van der Waals surface area contributed by atoms with E-state index in [0.717, 1.165) is 10.0 Å². The summed E-state index contributed by atoms with van der Waals surface area (Å²) >= 11 is 3.39. The molecule has 96 valence electrons. The van der Waals surface area contributed by atoms with Crippen molar-refractivity contribution in [2.45, 2.75) is 12.6 Å². The number of nitrogens with one attached hydrogen (secondary N) is 2. The van der Waals surface area contributed by atoms with Crippen molar-refractivity contribution in [1.29, 1.82) is 0 Å². The smallest absolute Gasteiger partial charge is 0.325 e. The van der Waals surface area contributed by atoms with Gasteiger partial charge in [0.25, 0.3) is 0 Å². The summed E-state index contributed by atoms with van der Waals surface area (Å²) in [7, 11) is 0. The summed E-state index contributed by atoms with van der Waals surface area (Å²) in [4.78, 5) is 22.7. The summed E-state index contributed by atoms with van der Waals surface area (Å²) in [5.41, 5.74) is 0.908. The molecule has 6 heteroatoms. The van der Waals surface area contributed by atoms with Crippen LogP contribution in [0.5, 0.6) is 0 Å². The summed E-state index contributed by atoms with van der Waals surface area (Å²) in [5.74, 6) is -0.462. The van der Waals surface area contributed by atoms with Crippen LogP contribution in [0.2, 0.25) is 0 Å². The number of halogens is 1. The summed E-state index contributed by atoms with van der Waals surface area (Å²) < 4.78 is 6.11. The number of hydrogen-bond donors (Lipinski definition) is 2. The van der Waals surface area contributed by atoms with Gasteiger partial charge in [-0.05, 0) is 6.07 Å². The van der Waals surface area contributed by atoms with Gasteiger partial charge in [-0.1, -0.05) is 34.1 Å².